The molecule has 2 aromatic carbocycles. The first-order valence-electron chi connectivity index (χ1n) is 11.5. The minimum absolute atomic E-state index is 0.415. The van der Waals surface area contributed by atoms with Gasteiger partial charge >= 0.3 is 0 Å². The van der Waals surface area contributed by atoms with E-state index in [1.807, 2.05) is 24.3 Å². The number of rotatable bonds is 7. The van der Waals surface area contributed by atoms with E-state index in [4.69, 9.17) is 9.84 Å². The minimum atomic E-state index is -3.40. The molecule has 3 heterocycles. The number of hydrogen-bond acceptors (Lipinski definition) is 9. The second kappa shape index (κ2) is 9.63. The van der Waals surface area contributed by atoms with Crippen molar-refractivity contribution in [3.05, 3.63) is 54.9 Å². The van der Waals surface area contributed by atoms with Gasteiger partial charge in [-0.05, 0) is 31.3 Å². The van der Waals surface area contributed by atoms with E-state index < -0.39 is 10.0 Å². The van der Waals surface area contributed by atoms with Gasteiger partial charge in [0, 0.05) is 37.4 Å². The van der Waals surface area contributed by atoms with Gasteiger partial charge in [0.1, 0.15) is 11.4 Å². The van der Waals surface area contributed by atoms with Crippen molar-refractivity contribution in [2.75, 3.05) is 61.5 Å². The van der Waals surface area contributed by atoms with Crippen LogP contribution in [0, 0.1) is 0 Å². The summed E-state index contributed by atoms with van der Waals surface area (Å²) < 4.78 is 33.2. The highest BCUT2D eigenvalue weighted by atomic mass is 32.2. The smallest absolute Gasteiger partial charge is 0.247 e. The van der Waals surface area contributed by atoms with Crippen molar-refractivity contribution in [1.29, 1.82) is 0 Å². The molecule has 1 aliphatic rings. The molecule has 4 aromatic rings. The number of piperazine rings is 1. The van der Waals surface area contributed by atoms with Crippen LogP contribution in [0.5, 0.6) is 5.75 Å². The van der Waals surface area contributed by atoms with E-state index in [1.165, 1.54) is 0 Å². The van der Waals surface area contributed by atoms with E-state index in [2.05, 4.69) is 36.9 Å². The van der Waals surface area contributed by atoms with Crippen LogP contribution in [0.4, 0.5) is 23.0 Å². The predicted octanol–water partition coefficient (Wildman–Crippen LogP) is 2.67. The zero-order chi connectivity index (χ0) is 25.3. The molecule has 0 saturated carbocycles. The molecule has 0 bridgehead atoms. The van der Waals surface area contributed by atoms with Crippen molar-refractivity contribution in [2.24, 2.45) is 0 Å². The normalized spacial score (nSPS) is 14.7. The molecular weight excluding hydrogens is 480 g/mol. The molecule has 0 unspecified atom stereocenters. The van der Waals surface area contributed by atoms with Crippen LogP contribution in [0.25, 0.3) is 16.9 Å². The number of methoxy groups -OCH3 is 1. The van der Waals surface area contributed by atoms with Crippen LogP contribution < -0.4 is 19.7 Å². The average molecular weight is 509 g/mol. The highest BCUT2D eigenvalue weighted by Crippen LogP contribution is 2.38. The lowest BCUT2D eigenvalue weighted by atomic mass is 10.1. The number of likely N-dealkylation sites (N-methyl/N-ethyl adjacent to an activating group) is 1. The lowest BCUT2D eigenvalue weighted by molar-refractivity contribution is 0.311. The van der Waals surface area contributed by atoms with Gasteiger partial charge in [-0.1, -0.05) is 18.2 Å². The Morgan fingerprint density at radius 3 is 2.56 bits per heavy atom. The van der Waals surface area contributed by atoms with E-state index in [-0.39, 0.29) is 0 Å². The minimum Gasteiger partial charge on any atom is -0.495 e. The van der Waals surface area contributed by atoms with Gasteiger partial charge in [0.25, 0.3) is 0 Å². The summed E-state index contributed by atoms with van der Waals surface area (Å²) in [4.78, 5) is 13.6. The molecule has 1 aliphatic heterocycles. The van der Waals surface area contributed by atoms with E-state index in [0.717, 1.165) is 55.1 Å². The monoisotopic (exact) mass is 508 g/mol. The van der Waals surface area contributed by atoms with Crippen LogP contribution in [0.15, 0.2) is 54.9 Å². The lowest BCUT2D eigenvalue weighted by Crippen LogP contribution is -2.44. The molecular formula is C24H28N8O3S. The molecule has 1 fully saturated rings. The maximum Gasteiger partial charge on any atom is 0.247 e. The first-order valence-corrected chi connectivity index (χ1v) is 13.4. The number of anilines is 4. The van der Waals surface area contributed by atoms with Crippen LogP contribution in [0.1, 0.15) is 0 Å². The maximum atomic E-state index is 11.7. The molecule has 188 valence electrons. The summed E-state index contributed by atoms with van der Waals surface area (Å²) in [6.45, 7) is 3.70. The molecule has 2 aromatic heterocycles. The van der Waals surface area contributed by atoms with E-state index in [9.17, 15) is 8.42 Å². The summed E-state index contributed by atoms with van der Waals surface area (Å²) in [6.07, 6.45) is 4.42. The Morgan fingerprint density at radius 2 is 1.81 bits per heavy atom. The molecule has 12 heteroatoms. The van der Waals surface area contributed by atoms with Gasteiger partial charge in [-0.15, -0.1) is 5.10 Å². The van der Waals surface area contributed by atoms with Gasteiger partial charge in [0.15, 0.2) is 5.65 Å². The zero-order valence-electron chi connectivity index (χ0n) is 20.3. The number of benzene rings is 2. The third-order valence-electron chi connectivity index (χ3n) is 5.99. The number of nitrogens with zero attached hydrogens (tertiary/aromatic N) is 6. The summed E-state index contributed by atoms with van der Waals surface area (Å²) >= 11 is 0. The Labute approximate surface area is 209 Å². The summed E-state index contributed by atoms with van der Waals surface area (Å²) in [6, 6.07) is 12.9. The van der Waals surface area contributed by atoms with E-state index in [0.29, 0.717) is 23.0 Å². The molecule has 0 aliphatic carbocycles. The Hall–Kier alpha value is -3.90. The molecule has 36 heavy (non-hydrogen) atoms. The zero-order valence-corrected chi connectivity index (χ0v) is 21.2. The van der Waals surface area contributed by atoms with Crippen molar-refractivity contribution in [1.82, 2.24) is 24.5 Å². The van der Waals surface area contributed by atoms with E-state index >= 15 is 0 Å². The van der Waals surface area contributed by atoms with Crippen LogP contribution >= 0.6 is 0 Å². The van der Waals surface area contributed by atoms with Crippen LogP contribution in [0.3, 0.4) is 0 Å². The van der Waals surface area contributed by atoms with Crippen molar-refractivity contribution in [3.8, 4) is 17.0 Å². The van der Waals surface area contributed by atoms with Gasteiger partial charge in [0.2, 0.25) is 16.0 Å². The molecule has 0 radical (unpaired) electrons. The highest BCUT2D eigenvalue weighted by Gasteiger charge is 2.22. The molecule has 0 amide bonds. The average Bonchev–Trinajstić information content (AvgIpc) is 3.26. The fraction of sp³-hybridized carbons (Fsp3) is 0.292. The highest BCUT2D eigenvalue weighted by molar-refractivity contribution is 7.92. The van der Waals surface area contributed by atoms with Gasteiger partial charge < -0.3 is 19.9 Å². The standard InChI is InChI=1S/C24H28N8O3S/c1-30-10-12-31(13-11-30)23-19(8-5-9-21(23)35-2)26-24-27-22-16-25-15-20(32(22)28-24)17-6-4-7-18(14-17)29-36(3,33)34/h4-9,14-16,29H,10-13H2,1-3H3,(H,26,28). The second-order valence-corrected chi connectivity index (χ2v) is 10.5. The number of ether oxygens (including phenoxy) is 1. The number of para-hydroxylation sites is 1. The van der Waals surface area contributed by atoms with Gasteiger partial charge in [0.05, 0.1) is 37.1 Å². The molecule has 11 nitrogen and oxygen atoms in total. The Morgan fingerprint density at radius 1 is 1.03 bits per heavy atom. The largest absolute Gasteiger partial charge is 0.495 e. The summed E-state index contributed by atoms with van der Waals surface area (Å²) in [5.41, 5.74) is 4.26. The number of aromatic nitrogens is 4. The summed E-state index contributed by atoms with van der Waals surface area (Å²) in [5.74, 6) is 1.20. The fourth-order valence-corrected chi connectivity index (χ4v) is 4.84. The molecule has 5 rings (SSSR count). The second-order valence-electron chi connectivity index (χ2n) is 8.72. The summed E-state index contributed by atoms with van der Waals surface area (Å²) in [7, 11) is 0.397. The fourth-order valence-electron chi connectivity index (χ4n) is 4.28. The molecule has 0 atom stereocenters. The third kappa shape index (κ3) is 5.04. The Kier molecular flexibility index (Phi) is 6.37. The third-order valence-corrected chi connectivity index (χ3v) is 6.60. The topological polar surface area (TPSA) is 117 Å². The van der Waals surface area contributed by atoms with Crippen molar-refractivity contribution < 1.29 is 13.2 Å². The van der Waals surface area contributed by atoms with Gasteiger partial charge in [-0.2, -0.15) is 4.98 Å². The van der Waals surface area contributed by atoms with Crippen LogP contribution in [-0.4, -0.2) is 79.5 Å². The Bertz CT molecular complexity index is 1500. The first kappa shape index (κ1) is 23.8. The van der Waals surface area contributed by atoms with Crippen molar-refractivity contribution >= 4 is 38.7 Å². The number of fused-ring (bicyclic) bond motifs is 1. The van der Waals surface area contributed by atoms with E-state index in [1.54, 1.807) is 42.2 Å². The molecule has 0 spiro atoms. The number of sulfonamides is 1. The van der Waals surface area contributed by atoms with Crippen LogP contribution in [0.2, 0.25) is 0 Å². The van der Waals surface area contributed by atoms with Crippen molar-refractivity contribution in [3.63, 3.8) is 0 Å². The molecule has 2 N–H and O–H groups in total. The number of hydrogen-bond donors (Lipinski definition) is 2. The van der Waals surface area contributed by atoms with Gasteiger partial charge in [-0.25, -0.2) is 12.9 Å². The summed E-state index contributed by atoms with van der Waals surface area (Å²) in [5, 5.41) is 8.06. The molecule has 1 saturated heterocycles. The quantitative estimate of drug-likeness (QED) is 0.389. The first-order chi connectivity index (χ1) is 17.3. The Balaban J connectivity index is 1.50. The van der Waals surface area contributed by atoms with Crippen LogP contribution in [-0.2, 0) is 10.0 Å². The number of nitrogens with one attached hydrogen (secondary N) is 2. The SMILES string of the molecule is COc1cccc(Nc2nc3cncc(-c4cccc(NS(C)(=O)=O)c4)n3n2)c1N1CCN(C)CC1. The van der Waals surface area contributed by atoms with Crippen molar-refractivity contribution in [2.45, 2.75) is 0 Å². The maximum absolute atomic E-state index is 11.7. The predicted molar refractivity (Wildman–Crippen MR) is 141 cm³/mol. The van der Waals surface area contributed by atoms with Gasteiger partial charge in [-0.3, -0.25) is 9.71 Å². The lowest BCUT2D eigenvalue weighted by Gasteiger charge is -2.35.